The molecular formula is C28H30F2N6O2. The molecule has 0 bridgehead atoms. The van der Waals surface area contributed by atoms with Crippen LogP contribution in [0, 0.1) is 0 Å². The van der Waals surface area contributed by atoms with Crippen molar-refractivity contribution in [3.63, 3.8) is 0 Å². The maximum atomic E-state index is 15.8. The Labute approximate surface area is 219 Å². The second-order valence-electron chi connectivity index (χ2n) is 9.51. The topological polar surface area (TPSA) is 84.3 Å². The molecule has 2 aromatic carbocycles. The lowest BCUT2D eigenvalue weighted by Crippen LogP contribution is -2.41. The number of carbonyl (C=O) groups is 1. The molecule has 0 aliphatic carbocycles. The molecule has 2 N–H and O–H groups in total. The lowest BCUT2D eigenvalue weighted by atomic mass is 9.86. The van der Waals surface area contributed by atoms with Crippen LogP contribution in [-0.4, -0.2) is 51.7 Å². The second-order valence-corrected chi connectivity index (χ2v) is 9.51. The van der Waals surface area contributed by atoms with Crippen LogP contribution < -0.4 is 15.4 Å². The zero-order valence-corrected chi connectivity index (χ0v) is 21.4. The number of hydrogen-bond donors (Lipinski definition) is 2. The van der Waals surface area contributed by atoms with Gasteiger partial charge in [-0.2, -0.15) is 0 Å². The summed E-state index contributed by atoms with van der Waals surface area (Å²) < 4.78 is 36.3. The van der Waals surface area contributed by atoms with E-state index in [0.29, 0.717) is 61.3 Å². The van der Waals surface area contributed by atoms with Crippen molar-refractivity contribution in [2.45, 2.75) is 25.4 Å². The van der Waals surface area contributed by atoms with Gasteiger partial charge < -0.3 is 24.8 Å². The van der Waals surface area contributed by atoms with Gasteiger partial charge in [0.15, 0.2) is 0 Å². The van der Waals surface area contributed by atoms with Gasteiger partial charge in [0.1, 0.15) is 29.7 Å². The smallest absolute Gasteiger partial charge is 0.222 e. The molecular weight excluding hydrogens is 490 g/mol. The van der Waals surface area contributed by atoms with E-state index in [1.165, 1.54) is 6.92 Å². The number of carbonyl (C=O) groups excluding carboxylic acids is 1. The molecule has 0 spiro atoms. The van der Waals surface area contributed by atoms with E-state index < -0.39 is 12.3 Å². The third-order valence-electron chi connectivity index (χ3n) is 6.81. The van der Waals surface area contributed by atoms with Crippen LogP contribution >= 0.6 is 0 Å². The molecule has 0 saturated carbocycles. The zero-order chi connectivity index (χ0) is 26.7. The lowest BCUT2D eigenvalue weighted by molar-refractivity contribution is -0.114. The van der Waals surface area contributed by atoms with E-state index in [0.717, 1.165) is 16.7 Å². The Morgan fingerprint density at radius 3 is 2.66 bits per heavy atom. The summed E-state index contributed by atoms with van der Waals surface area (Å²) in [6.45, 7) is 2.45. The molecule has 1 aliphatic rings. The van der Waals surface area contributed by atoms with Crippen molar-refractivity contribution in [3.8, 4) is 11.5 Å². The van der Waals surface area contributed by atoms with E-state index in [-0.39, 0.29) is 5.91 Å². The minimum atomic E-state index is -1.43. The Bertz CT molecular complexity index is 1450. The number of piperidine rings is 1. The van der Waals surface area contributed by atoms with E-state index >= 15 is 4.39 Å². The highest BCUT2D eigenvalue weighted by Crippen LogP contribution is 2.38. The summed E-state index contributed by atoms with van der Waals surface area (Å²) in [6, 6.07) is 16.3. The third-order valence-corrected chi connectivity index (χ3v) is 6.81. The fourth-order valence-electron chi connectivity index (χ4n) is 4.76. The molecule has 8 nitrogen and oxygen atoms in total. The first-order chi connectivity index (χ1) is 18.3. The SMILES string of the molecule is CC(=O)Nc1cc(Oc2ccc3c(c2)nc(Nc2cccc(C4(F)CCN(CCF)CC4)c2)n3C)ccn1. The average Bonchev–Trinajstić information content (AvgIpc) is 3.20. The summed E-state index contributed by atoms with van der Waals surface area (Å²) in [5.74, 6) is 1.92. The van der Waals surface area contributed by atoms with Crippen molar-refractivity contribution in [1.82, 2.24) is 19.4 Å². The minimum absolute atomic E-state index is 0.212. The number of pyridine rings is 1. The van der Waals surface area contributed by atoms with Crippen LogP contribution in [0.2, 0.25) is 0 Å². The molecule has 0 radical (unpaired) electrons. The van der Waals surface area contributed by atoms with Crippen LogP contribution in [0.25, 0.3) is 11.0 Å². The van der Waals surface area contributed by atoms with Crippen LogP contribution in [-0.2, 0) is 17.5 Å². The molecule has 1 fully saturated rings. The number of aryl methyl sites for hydroxylation is 1. The molecule has 0 unspecified atom stereocenters. The van der Waals surface area contributed by atoms with Crippen LogP contribution in [0.5, 0.6) is 11.5 Å². The second kappa shape index (κ2) is 10.7. The van der Waals surface area contributed by atoms with Gasteiger partial charge in [0, 0.05) is 57.6 Å². The van der Waals surface area contributed by atoms with Gasteiger partial charge in [0.05, 0.1) is 11.0 Å². The van der Waals surface area contributed by atoms with Crippen LogP contribution in [0.1, 0.15) is 25.3 Å². The van der Waals surface area contributed by atoms with Gasteiger partial charge >= 0.3 is 0 Å². The number of benzene rings is 2. The molecule has 3 heterocycles. The normalized spacial score (nSPS) is 15.4. The van der Waals surface area contributed by atoms with Gasteiger partial charge in [-0.3, -0.25) is 4.79 Å². The van der Waals surface area contributed by atoms with Crippen molar-refractivity contribution >= 4 is 34.4 Å². The van der Waals surface area contributed by atoms with Crippen molar-refractivity contribution in [2.24, 2.45) is 7.05 Å². The first-order valence-corrected chi connectivity index (χ1v) is 12.6. The number of alkyl halides is 2. The van der Waals surface area contributed by atoms with Gasteiger partial charge in [-0.25, -0.2) is 18.7 Å². The minimum Gasteiger partial charge on any atom is -0.457 e. The molecule has 198 valence electrons. The number of likely N-dealkylation sites (tertiary alicyclic amines) is 1. The number of hydrogen-bond acceptors (Lipinski definition) is 6. The van der Waals surface area contributed by atoms with Gasteiger partial charge in [0.2, 0.25) is 11.9 Å². The number of aromatic nitrogens is 3. The molecule has 38 heavy (non-hydrogen) atoms. The number of imidazole rings is 1. The van der Waals surface area contributed by atoms with Gasteiger partial charge in [-0.15, -0.1) is 0 Å². The summed E-state index contributed by atoms with van der Waals surface area (Å²) in [5, 5.41) is 5.95. The maximum Gasteiger partial charge on any atom is 0.222 e. The molecule has 4 aromatic rings. The quantitative estimate of drug-likeness (QED) is 0.310. The monoisotopic (exact) mass is 520 g/mol. The average molecular weight is 521 g/mol. The molecule has 1 aliphatic heterocycles. The third kappa shape index (κ3) is 5.60. The predicted molar refractivity (Wildman–Crippen MR) is 143 cm³/mol. The highest BCUT2D eigenvalue weighted by molar-refractivity contribution is 5.87. The zero-order valence-electron chi connectivity index (χ0n) is 21.4. The summed E-state index contributed by atoms with van der Waals surface area (Å²) >= 11 is 0. The number of rotatable bonds is 8. The number of anilines is 3. The Kier molecular flexibility index (Phi) is 7.24. The Morgan fingerprint density at radius 2 is 1.89 bits per heavy atom. The number of halogens is 2. The largest absolute Gasteiger partial charge is 0.457 e. The summed E-state index contributed by atoms with van der Waals surface area (Å²) in [5.41, 5.74) is 1.54. The van der Waals surface area contributed by atoms with Crippen molar-refractivity contribution < 1.29 is 18.3 Å². The molecule has 5 rings (SSSR count). The number of nitrogens with one attached hydrogen (secondary N) is 2. The number of ether oxygens (including phenoxy) is 1. The van der Waals surface area contributed by atoms with E-state index in [4.69, 9.17) is 9.72 Å². The Balaban J connectivity index is 1.32. The molecule has 1 amide bonds. The molecule has 1 saturated heterocycles. The van der Waals surface area contributed by atoms with Crippen LogP contribution in [0.15, 0.2) is 60.8 Å². The summed E-state index contributed by atoms with van der Waals surface area (Å²) in [7, 11) is 1.90. The Hall–Kier alpha value is -4.05. The molecule has 10 heteroatoms. The predicted octanol–water partition coefficient (Wildman–Crippen LogP) is 5.69. The Morgan fingerprint density at radius 1 is 1.11 bits per heavy atom. The van der Waals surface area contributed by atoms with Gasteiger partial charge in [0.25, 0.3) is 0 Å². The molecule has 2 aromatic heterocycles. The van der Waals surface area contributed by atoms with Crippen molar-refractivity contribution in [2.75, 3.05) is 36.9 Å². The lowest BCUT2D eigenvalue weighted by Gasteiger charge is -2.36. The maximum absolute atomic E-state index is 15.8. The summed E-state index contributed by atoms with van der Waals surface area (Å²) in [6.07, 6.45) is 2.25. The fourth-order valence-corrected chi connectivity index (χ4v) is 4.76. The van der Waals surface area contributed by atoms with Crippen molar-refractivity contribution in [1.29, 1.82) is 0 Å². The van der Waals surface area contributed by atoms with Gasteiger partial charge in [-0.05, 0) is 48.7 Å². The van der Waals surface area contributed by atoms with Gasteiger partial charge in [-0.1, -0.05) is 12.1 Å². The highest BCUT2D eigenvalue weighted by Gasteiger charge is 2.36. The van der Waals surface area contributed by atoms with Crippen LogP contribution in [0.3, 0.4) is 0 Å². The van der Waals surface area contributed by atoms with E-state index in [2.05, 4.69) is 15.6 Å². The van der Waals surface area contributed by atoms with Crippen LogP contribution in [0.4, 0.5) is 26.2 Å². The van der Waals surface area contributed by atoms with Crippen molar-refractivity contribution in [3.05, 3.63) is 66.4 Å². The first-order valence-electron chi connectivity index (χ1n) is 12.6. The van der Waals surface area contributed by atoms with E-state index in [1.807, 2.05) is 59.0 Å². The van der Waals surface area contributed by atoms with E-state index in [1.54, 1.807) is 18.3 Å². The molecule has 0 atom stereocenters. The van der Waals surface area contributed by atoms with E-state index in [9.17, 15) is 9.18 Å². The summed E-state index contributed by atoms with van der Waals surface area (Å²) in [4.78, 5) is 22.1. The number of amides is 1. The number of nitrogens with zero attached hydrogens (tertiary/aromatic N) is 4. The fraction of sp³-hybridized carbons (Fsp3) is 0.321. The first kappa shape index (κ1) is 25.6. The number of fused-ring (bicyclic) bond motifs is 1. The standard InChI is InChI=1S/C28H30F2N6O2/c1-19(37)32-26-18-23(8-12-31-26)38-22-6-7-25-24(17-22)34-27(35(25)2)33-21-5-3-4-20(16-21)28(30)9-13-36(14-10-28)15-11-29/h3-8,12,16-18H,9-11,13-15H2,1-2H3,(H,33,34)(H,31,32,37). The highest BCUT2D eigenvalue weighted by atomic mass is 19.1.